The van der Waals surface area contributed by atoms with Crippen LogP contribution >= 0.6 is 11.3 Å². The zero-order valence-corrected chi connectivity index (χ0v) is 12.8. The lowest BCUT2D eigenvalue weighted by Crippen LogP contribution is -2.14. The van der Waals surface area contributed by atoms with Crippen molar-refractivity contribution >= 4 is 22.4 Å². The summed E-state index contributed by atoms with van der Waals surface area (Å²) >= 11 is 1.83. The quantitative estimate of drug-likeness (QED) is 0.753. The van der Waals surface area contributed by atoms with E-state index in [1.54, 1.807) is 0 Å². The summed E-state index contributed by atoms with van der Waals surface area (Å²) in [6.45, 7) is 1.95. The van der Waals surface area contributed by atoms with Crippen LogP contribution in [0.3, 0.4) is 0 Å². The minimum absolute atomic E-state index is 0.742. The van der Waals surface area contributed by atoms with Gasteiger partial charge in [-0.05, 0) is 48.4 Å². The molecule has 21 heavy (non-hydrogen) atoms. The summed E-state index contributed by atoms with van der Waals surface area (Å²) in [4.78, 5) is 6.02. The fraction of sp³-hybridized carbons (Fsp3) is 0.353. The highest BCUT2D eigenvalue weighted by Gasteiger charge is 2.21. The third kappa shape index (κ3) is 2.87. The zero-order chi connectivity index (χ0) is 14.1. The van der Waals surface area contributed by atoms with E-state index in [4.69, 9.17) is 0 Å². The Morgan fingerprint density at radius 1 is 1.29 bits per heavy atom. The first-order valence-corrected chi connectivity index (χ1v) is 8.46. The first-order valence-electron chi connectivity index (χ1n) is 7.58. The first-order chi connectivity index (χ1) is 10.4. The molecule has 108 valence electrons. The Kier molecular flexibility index (Phi) is 3.49. The second-order valence-electron chi connectivity index (χ2n) is 5.71. The molecule has 1 N–H and O–H groups in total. The third-order valence-corrected chi connectivity index (χ3v) is 4.99. The molecule has 0 radical (unpaired) electrons. The van der Waals surface area contributed by atoms with Gasteiger partial charge >= 0.3 is 0 Å². The summed E-state index contributed by atoms with van der Waals surface area (Å²) in [6.07, 6.45) is 7.90. The van der Waals surface area contributed by atoms with Gasteiger partial charge in [-0.25, -0.2) is 4.98 Å². The Bertz CT molecular complexity index is 726. The molecule has 0 saturated heterocycles. The predicted molar refractivity (Wildman–Crippen MR) is 87.6 cm³/mol. The lowest BCUT2D eigenvalue weighted by atomic mass is 10.2. The molecule has 0 aromatic carbocycles. The van der Waals surface area contributed by atoms with Crippen molar-refractivity contribution in [3.63, 3.8) is 0 Å². The Morgan fingerprint density at radius 2 is 2.24 bits per heavy atom. The number of pyridine rings is 1. The number of thiophene rings is 1. The Balaban J connectivity index is 1.58. The molecule has 3 aromatic heterocycles. The van der Waals surface area contributed by atoms with E-state index < -0.39 is 0 Å². The molecule has 1 aliphatic carbocycles. The molecule has 0 unspecified atom stereocenters. The maximum absolute atomic E-state index is 4.58. The Hall–Kier alpha value is -1.65. The highest BCUT2D eigenvalue weighted by molar-refractivity contribution is 7.09. The highest BCUT2D eigenvalue weighted by atomic mass is 32.1. The molecule has 4 rings (SSSR count). The maximum Gasteiger partial charge on any atom is 0.140 e. The van der Waals surface area contributed by atoms with Crippen LogP contribution in [0.2, 0.25) is 0 Å². The lowest BCUT2D eigenvalue weighted by molar-refractivity contribution is 0.679. The number of aryl methyl sites for hydroxylation is 2. The van der Waals surface area contributed by atoms with Crippen LogP contribution in [0.15, 0.2) is 42.0 Å². The number of hydrogen-bond donors (Lipinski definition) is 1. The fourth-order valence-electron chi connectivity index (χ4n) is 2.73. The van der Waals surface area contributed by atoms with Gasteiger partial charge in [0.05, 0.1) is 0 Å². The normalized spacial score (nSPS) is 14.9. The van der Waals surface area contributed by atoms with Crippen LogP contribution in [0.5, 0.6) is 0 Å². The summed E-state index contributed by atoms with van der Waals surface area (Å²) < 4.78 is 2.30. The van der Waals surface area contributed by atoms with Crippen LogP contribution in [0.4, 0.5) is 0 Å². The van der Waals surface area contributed by atoms with Crippen molar-refractivity contribution in [3.8, 4) is 0 Å². The number of rotatable bonds is 6. The number of fused-ring (bicyclic) bond motifs is 1. The summed E-state index contributed by atoms with van der Waals surface area (Å²) in [5.41, 5.74) is 2.48. The predicted octanol–water partition coefficient (Wildman–Crippen LogP) is 3.59. The van der Waals surface area contributed by atoms with Crippen LogP contribution in [-0.4, -0.2) is 15.6 Å². The average molecular weight is 297 g/mol. The van der Waals surface area contributed by atoms with E-state index in [-0.39, 0.29) is 0 Å². The van der Waals surface area contributed by atoms with E-state index >= 15 is 0 Å². The van der Waals surface area contributed by atoms with Crippen molar-refractivity contribution in [2.75, 3.05) is 0 Å². The van der Waals surface area contributed by atoms with Gasteiger partial charge in [0.15, 0.2) is 0 Å². The number of hydrogen-bond acceptors (Lipinski definition) is 3. The van der Waals surface area contributed by atoms with Crippen molar-refractivity contribution in [2.45, 2.75) is 38.4 Å². The molecule has 1 fully saturated rings. The molecule has 3 heterocycles. The van der Waals surface area contributed by atoms with Crippen LogP contribution < -0.4 is 5.32 Å². The van der Waals surface area contributed by atoms with Crippen LogP contribution in [-0.2, 0) is 19.5 Å². The van der Waals surface area contributed by atoms with Crippen molar-refractivity contribution in [1.29, 1.82) is 0 Å². The lowest BCUT2D eigenvalue weighted by Gasteiger charge is -2.02. The molecule has 0 amide bonds. The van der Waals surface area contributed by atoms with Gasteiger partial charge in [-0.3, -0.25) is 0 Å². The maximum atomic E-state index is 4.58. The molecule has 3 aromatic rings. The van der Waals surface area contributed by atoms with Gasteiger partial charge < -0.3 is 9.88 Å². The summed E-state index contributed by atoms with van der Waals surface area (Å²) in [6, 6.07) is 9.29. The number of nitrogens with zero attached hydrogens (tertiary/aromatic N) is 2. The Morgan fingerprint density at radius 3 is 3.05 bits per heavy atom. The third-order valence-electron chi connectivity index (χ3n) is 4.05. The van der Waals surface area contributed by atoms with Crippen molar-refractivity contribution in [3.05, 3.63) is 52.5 Å². The monoisotopic (exact) mass is 297 g/mol. The van der Waals surface area contributed by atoms with Crippen molar-refractivity contribution < 1.29 is 0 Å². The summed E-state index contributed by atoms with van der Waals surface area (Å²) in [5, 5.41) is 7.04. The van der Waals surface area contributed by atoms with Crippen molar-refractivity contribution in [1.82, 2.24) is 14.9 Å². The topological polar surface area (TPSA) is 29.9 Å². The second kappa shape index (κ2) is 5.62. The van der Waals surface area contributed by atoms with Crippen molar-refractivity contribution in [2.24, 2.45) is 0 Å². The van der Waals surface area contributed by atoms with E-state index in [1.165, 1.54) is 28.7 Å². The SMILES string of the molecule is c1csc(CCn2cc(CNC3CC3)c3cccnc32)c1. The largest absolute Gasteiger partial charge is 0.332 e. The zero-order valence-electron chi connectivity index (χ0n) is 12.0. The second-order valence-corrected chi connectivity index (χ2v) is 6.74. The molecule has 0 spiro atoms. The van der Waals surface area contributed by atoms with Crippen LogP contribution in [0.1, 0.15) is 23.3 Å². The van der Waals surface area contributed by atoms with Gasteiger partial charge in [0, 0.05) is 41.8 Å². The molecular formula is C17H19N3S. The van der Waals surface area contributed by atoms with Gasteiger partial charge in [0.25, 0.3) is 0 Å². The number of nitrogens with one attached hydrogen (secondary N) is 1. The van der Waals surface area contributed by atoms with E-state index in [9.17, 15) is 0 Å². The molecular weight excluding hydrogens is 278 g/mol. The minimum Gasteiger partial charge on any atom is -0.332 e. The van der Waals surface area contributed by atoms with Gasteiger partial charge in [0.1, 0.15) is 5.65 Å². The van der Waals surface area contributed by atoms with E-state index in [0.29, 0.717) is 0 Å². The molecule has 1 saturated carbocycles. The van der Waals surface area contributed by atoms with Crippen LogP contribution in [0, 0.1) is 0 Å². The molecule has 0 aliphatic heterocycles. The standard InChI is InChI=1S/C17H19N3S/c1-4-16-13(11-19-14-5-6-14)12-20(17(16)18-8-1)9-7-15-3-2-10-21-15/h1-4,8,10,12,14,19H,5-7,9,11H2. The molecule has 0 bridgehead atoms. The van der Waals surface area contributed by atoms with Gasteiger partial charge in [0.2, 0.25) is 0 Å². The van der Waals surface area contributed by atoms with Gasteiger partial charge in [-0.15, -0.1) is 11.3 Å². The smallest absolute Gasteiger partial charge is 0.140 e. The average Bonchev–Trinajstić information content (AvgIpc) is 3.08. The van der Waals surface area contributed by atoms with E-state index in [0.717, 1.165) is 31.2 Å². The molecule has 4 heteroatoms. The van der Waals surface area contributed by atoms with E-state index in [2.05, 4.69) is 44.6 Å². The number of aromatic nitrogens is 2. The minimum atomic E-state index is 0.742. The van der Waals surface area contributed by atoms with E-state index in [1.807, 2.05) is 23.6 Å². The highest BCUT2D eigenvalue weighted by Crippen LogP contribution is 2.23. The van der Waals surface area contributed by atoms with Gasteiger partial charge in [-0.1, -0.05) is 6.07 Å². The summed E-state index contributed by atoms with van der Waals surface area (Å²) in [5.74, 6) is 0. The molecule has 1 aliphatic rings. The van der Waals surface area contributed by atoms with Crippen LogP contribution in [0.25, 0.3) is 11.0 Å². The van der Waals surface area contributed by atoms with Gasteiger partial charge in [-0.2, -0.15) is 0 Å². The molecule has 0 atom stereocenters. The Labute approximate surface area is 128 Å². The molecule has 3 nitrogen and oxygen atoms in total. The summed E-state index contributed by atoms with van der Waals surface area (Å²) in [7, 11) is 0. The first kappa shape index (κ1) is 13.0. The fourth-order valence-corrected chi connectivity index (χ4v) is 3.43.